The number of rotatable bonds is 3. The molecule has 1 saturated carbocycles. The van der Waals surface area contributed by atoms with Crippen LogP contribution < -0.4 is 10.6 Å². The molecule has 0 unspecified atom stereocenters. The highest BCUT2D eigenvalue weighted by molar-refractivity contribution is 6.42. The first kappa shape index (κ1) is 18.3. The van der Waals surface area contributed by atoms with Gasteiger partial charge in [0.1, 0.15) is 11.5 Å². The second-order valence-electron chi connectivity index (χ2n) is 8.64. The van der Waals surface area contributed by atoms with Crippen molar-refractivity contribution in [3.8, 4) is 0 Å². The molecule has 0 bridgehead atoms. The van der Waals surface area contributed by atoms with Crippen molar-refractivity contribution >= 4 is 17.8 Å². The number of benzene rings is 1. The van der Waals surface area contributed by atoms with Gasteiger partial charge in [-0.3, -0.25) is 10.2 Å². The molecule has 4 aliphatic rings. The van der Waals surface area contributed by atoms with Gasteiger partial charge in [0.15, 0.2) is 0 Å². The van der Waals surface area contributed by atoms with Crippen molar-refractivity contribution in [2.45, 2.75) is 44.2 Å². The van der Waals surface area contributed by atoms with Gasteiger partial charge in [0, 0.05) is 43.7 Å². The SMILES string of the molecule is N=C(/C=C1/N=CC(C2CC2)=CN1)C(=O)N1CCC2(CC1)Cc1ccccc1CN2. The van der Waals surface area contributed by atoms with E-state index >= 15 is 0 Å². The van der Waals surface area contributed by atoms with Crippen molar-refractivity contribution < 1.29 is 4.79 Å². The maximum atomic E-state index is 12.8. The number of allylic oxidation sites excluding steroid dienone is 1. The standard InChI is InChI=1S/C23H27N5O/c24-20(11-21-25-13-19(14-26-21)16-5-6-16)22(29)28-9-7-23(8-10-28)12-17-3-1-2-4-18(17)15-27-23/h1-4,11,13-14,16,24-25,27H,5-10,12,15H2/b21-11+,24-20?. The summed E-state index contributed by atoms with van der Waals surface area (Å²) in [5.41, 5.74) is 4.08. The molecule has 1 aromatic carbocycles. The molecule has 3 aliphatic heterocycles. The van der Waals surface area contributed by atoms with Crippen LogP contribution in [0.1, 0.15) is 36.8 Å². The Morgan fingerprint density at radius 3 is 2.66 bits per heavy atom. The molecule has 150 valence electrons. The lowest BCUT2D eigenvalue weighted by atomic mass is 9.78. The Morgan fingerprint density at radius 1 is 1.21 bits per heavy atom. The Kier molecular flexibility index (Phi) is 4.59. The van der Waals surface area contributed by atoms with Crippen LogP contribution in [-0.4, -0.2) is 41.4 Å². The molecule has 0 radical (unpaired) electrons. The number of likely N-dealkylation sites (tertiary alicyclic amines) is 1. The first-order chi connectivity index (χ1) is 14.1. The summed E-state index contributed by atoms with van der Waals surface area (Å²) >= 11 is 0. The van der Waals surface area contributed by atoms with E-state index in [1.807, 2.05) is 17.3 Å². The Morgan fingerprint density at radius 2 is 1.97 bits per heavy atom. The number of piperidine rings is 1. The average Bonchev–Trinajstić information content (AvgIpc) is 3.60. The second kappa shape index (κ2) is 7.26. The van der Waals surface area contributed by atoms with Gasteiger partial charge in [-0.2, -0.15) is 0 Å². The lowest BCUT2D eigenvalue weighted by Gasteiger charge is -2.45. The van der Waals surface area contributed by atoms with E-state index in [2.05, 4.69) is 39.9 Å². The molecule has 0 aromatic heterocycles. The highest BCUT2D eigenvalue weighted by Gasteiger charge is 2.38. The van der Waals surface area contributed by atoms with Gasteiger partial charge >= 0.3 is 0 Å². The molecule has 1 aromatic rings. The highest BCUT2D eigenvalue weighted by atomic mass is 16.2. The van der Waals surface area contributed by atoms with Gasteiger partial charge < -0.3 is 15.5 Å². The van der Waals surface area contributed by atoms with E-state index in [0.29, 0.717) is 24.8 Å². The maximum absolute atomic E-state index is 12.8. The number of hydrogen-bond acceptors (Lipinski definition) is 5. The summed E-state index contributed by atoms with van der Waals surface area (Å²) in [5.74, 6) is 0.985. The molecule has 2 fully saturated rings. The highest BCUT2D eigenvalue weighted by Crippen LogP contribution is 2.36. The molecule has 1 saturated heterocycles. The van der Waals surface area contributed by atoms with Crippen molar-refractivity contribution in [1.82, 2.24) is 15.5 Å². The minimum absolute atomic E-state index is 0.00850. The number of carbonyl (C=O) groups excluding carboxylic acids is 1. The van der Waals surface area contributed by atoms with Gasteiger partial charge in [-0.25, -0.2) is 4.99 Å². The van der Waals surface area contributed by atoms with Crippen LogP contribution in [0.4, 0.5) is 0 Å². The van der Waals surface area contributed by atoms with E-state index < -0.39 is 0 Å². The number of carbonyl (C=O) groups is 1. The molecule has 6 nitrogen and oxygen atoms in total. The average molecular weight is 390 g/mol. The van der Waals surface area contributed by atoms with Crippen molar-refractivity contribution in [2.75, 3.05) is 13.1 Å². The van der Waals surface area contributed by atoms with Crippen LogP contribution in [0.2, 0.25) is 0 Å². The number of hydrogen-bond donors (Lipinski definition) is 3. The van der Waals surface area contributed by atoms with E-state index in [-0.39, 0.29) is 17.2 Å². The molecule has 29 heavy (non-hydrogen) atoms. The molecule has 1 amide bonds. The van der Waals surface area contributed by atoms with Crippen LogP contribution in [0.15, 0.2) is 52.9 Å². The van der Waals surface area contributed by atoms with E-state index in [1.165, 1.54) is 29.5 Å². The minimum atomic E-state index is -0.211. The lowest BCUT2D eigenvalue weighted by molar-refractivity contribution is -0.125. The Hall–Kier alpha value is -2.73. The number of nitrogens with zero attached hydrogens (tertiary/aromatic N) is 2. The molecule has 6 heteroatoms. The van der Waals surface area contributed by atoms with Crippen LogP contribution in [0.25, 0.3) is 0 Å². The molecule has 3 heterocycles. The topological polar surface area (TPSA) is 80.6 Å². The first-order valence-corrected chi connectivity index (χ1v) is 10.5. The molecule has 5 rings (SSSR count). The summed E-state index contributed by atoms with van der Waals surface area (Å²) in [6.07, 6.45) is 10.6. The summed E-state index contributed by atoms with van der Waals surface area (Å²) in [6.45, 7) is 2.26. The minimum Gasteiger partial charge on any atom is -0.346 e. The van der Waals surface area contributed by atoms with Crippen molar-refractivity contribution in [3.05, 3.63) is 59.1 Å². The number of amides is 1. The van der Waals surface area contributed by atoms with Gasteiger partial charge in [-0.05, 0) is 54.7 Å². The van der Waals surface area contributed by atoms with Gasteiger partial charge in [0.2, 0.25) is 0 Å². The van der Waals surface area contributed by atoms with Crippen molar-refractivity contribution in [3.63, 3.8) is 0 Å². The Labute approximate surface area is 171 Å². The van der Waals surface area contributed by atoms with Crippen LogP contribution in [0, 0.1) is 11.3 Å². The predicted octanol–water partition coefficient (Wildman–Crippen LogP) is 2.52. The Bertz CT molecular complexity index is 932. The fourth-order valence-electron chi connectivity index (χ4n) is 4.57. The summed E-state index contributed by atoms with van der Waals surface area (Å²) in [6, 6.07) is 8.61. The van der Waals surface area contributed by atoms with Gasteiger partial charge in [-0.15, -0.1) is 0 Å². The zero-order valence-electron chi connectivity index (χ0n) is 16.6. The molecule has 3 N–H and O–H groups in total. The fourth-order valence-corrected chi connectivity index (χ4v) is 4.57. The third-order valence-electron chi connectivity index (χ3n) is 6.61. The zero-order chi connectivity index (χ0) is 19.8. The van der Waals surface area contributed by atoms with E-state index in [4.69, 9.17) is 5.41 Å². The number of nitrogens with one attached hydrogen (secondary N) is 3. The van der Waals surface area contributed by atoms with E-state index in [0.717, 1.165) is 25.8 Å². The van der Waals surface area contributed by atoms with Gasteiger partial charge in [-0.1, -0.05) is 24.3 Å². The quantitative estimate of drug-likeness (QED) is 0.695. The Balaban J connectivity index is 1.18. The monoisotopic (exact) mass is 389 g/mol. The smallest absolute Gasteiger partial charge is 0.271 e. The molecular formula is C23H27N5O. The molecular weight excluding hydrogens is 362 g/mol. The summed E-state index contributed by atoms with van der Waals surface area (Å²) < 4.78 is 0. The normalized spacial score (nSPS) is 24.1. The van der Waals surface area contributed by atoms with Crippen LogP contribution in [0.3, 0.4) is 0 Å². The summed E-state index contributed by atoms with van der Waals surface area (Å²) in [4.78, 5) is 18.9. The number of fused-ring (bicyclic) bond motifs is 1. The first-order valence-electron chi connectivity index (χ1n) is 10.5. The second-order valence-corrected chi connectivity index (χ2v) is 8.64. The van der Waals surface area contributed by atoms with Gasteiger partial charge in [0.05, 0.1) is 0 Å². The van der Waals surface area contributed by atoms with E-state index in [1.54, 1.807) is 6.08 Å². The van der Waals surface area contributed by atoms with E-state index in [9.17, 15) is 4.79 Å². The summed E-state index contributed by atoms with van der Waals surface area (Å²) in [5, 5.41) is 15.1. The third kappa shape index (κ3) is 3.77. The zero-order valence-corrected chi connectivity index (χ0v) is 16.6. The molecule has 1 aliphatic carbocycles. The third-order valence-corrected chi connectivity index (χ3v) is 6.61. The maximum Gasteiger partial charge on any atom is 0.271 e. The fraction of sp³-hybridized carbons (Fsp3) is 0.435. The largest absolute Gasteiger partial charge is 0.346 e. The lowest BCUT2D eigenvalue weighted by Crippen LogP contribution is -2.57. The van der Waals surface area contributed by atoms with Crippen LogP contribution >= 0.6 is 0 Å². The number of aliphatic imine (C=N–C) groups is 1. The van der Waals surface area contributed by atoms with Crippen molar-refractivity contribution in [1.29, 1.82) is 5.41 Å². The molecule has 0 atom stereocenters. The van der Waals surface area contributed by atoms with Crippen LogP contribution in [-0.2, 0) is 17.8 Å². The van der Waals surface area contributed by atoms with Crippen LogP contribution in [0.5, 0.6) is 0 Å². The predicted molar refractivity (Wildman–Crippen MR) is 114 cm³/mol. The van der Waals surface area contributed by atoms with Gasteiger partial charge in [0.25, 0.3) is 5.91 Å². The summed E-state index contributed by atoms with van der Waals surface area (Å²) in [7, 11) is 0. The molecule has 1 spiro atoms. The van der Waals surface area contributed by atoms with Crippen molar-refractivity contribution in [2.24, 2.45) is 10.9 Å².